The zero-order valence-corrected chi connectivity index (χ0v) is 11.7. The van der Waals surface area contributed by atoms with Crippen LogP contribution in [0.4, 0.5) is 15.8 Å². The van der Waals surface area contributed by atoms with E-state index in [-0.39, 0.29) is 16.6 Å². The number of hydrogen-bond donors (Lipinski definition) is 2. The highest BCUT2D eigenvalue weighted by atomic mass is 35.5. The molecule has 0 aliphatic carbocycles. The molecule has 0 aliphatic rings. The third-order valence-corrected chi connectivity index (χ3v) is 2.74. The Morgan fingerprint density at radius 2 is 1.86 bits per heavy atom. The van der Waals surface area contributed by atoms with E-state index < -0.39 is 11.7 Å². The van der Waals surface area contributed by atoms with E-state index in [1.165, 1.54) is 31.3 Å². The minimum Gasteiger partial charge on any atom is -0.326 e. The van der Waals surface area contributed by atoms with E-state index in [1.807, 2.05) is 0 Å². The van der Waals surface area contributed by atoms with E-state index in [1.54, 1.807) is 6.07 Å². The van der Waals surface area contributed by atoms with Gasteiger partial charge in [-0.3, -0.25) is 9.59 Å². The number of amides is 2. The van der Waals surface area contributed by atoms with Gasteiger partial charge in [-0.05, 0) is 30.3 Å². The first-order valence-electron chi connectivity index (χ1n) is 5.96. The maximum Gasteiger partial charge on any atom is 0.258 e. The Balaban J connectivity index is 2.21. The van der Waals surface area contributed by atoms with E-state index in [0.29, 0.717) is 11.4 Å². The monoisotopic (exact) mass is 307 g/mol. The zero-order chi connectivity index (χ0) is 15.4. The first-order valence-corrected chi connectivity index (χ1v) is 6.33. The second-order valence-electron chi connectivity index (χ2n) is 4.20. The van der Waals surface area contributed by atoms with Crippen molar-refractivity contribution in [3.8, 4) is 0 Å². The molecule has 0 saturated heterocycles. The summed E-state index contributed by atoms with van der Waals surface area (Å²) < 4.78 is 13.7. The number of halogens is 2. The van der Waals surface area contributed by atoms with Crippen molar-refractivity contribution in [1.29, 1.82) is 0 Å². The van der Waals surface area contributed by atoms with Gasteiger partial charge in [-0.15, -0.1) is 0 Å². The first-order chi connectivity index (χ1) is 9.95. The Hall–Kier alpha value is -2.47. The average Bonchev–Trinajstić information content (AvgIpc) is 2.43. The molecule has 5 nitrogen and oxygen atoms in total. The Morgan fingerprint density at radius 3 is 2.48 bits per heavy atom. The lowest BCUT2D eigenvalue weighted by molar-refractivity contribution is -0.114. The highest BCUT2D eigenvalue weighted by Crippen LogP contribution is 2.17. The molecule has 0 spiro atoms. The molecule has 1 aromatic heterocycles. The van der Waals surface area contributed by atoms with Crippen molar-refractivity contribution >= 4 is 34.8 Å². The lowest BCUT2D eigenvalue weighted by atomic mass is 10.1. The molecule has 21 heavy (non-hydrogen) atoms. The molecule has 0 fully saturated rings. The molecule has 108 valence electrons. The number of rotatable bonds is 3. The quantitative estimate of drug-likeness (QED) is 0.856. The molecule has 0 radical (unpaired) electrons. The minimum absolute atomic E-state index is 0.184. The molecular formula is C14H11ClFN3O2. The summed E-state index contributed by atoms with van der Waals surface area (Å²) in [7, 11) is 0. The van der Waals surface area contributed by atoms with Crippen LogP contribution in [0, 0.1) is 5.82 Å². The average molecular weight is 308 g/mol. The molecule has 2 N–H and O–H groups in total. The summed E-state index contributed by atoms with van der Waals surface area (Å²) in [5, 5.41) is 5.26. The number of nitrogens with one attached hydrogen (secondary N) is 2. The van der Waals surface area contributed by atoms with Crippen molar-refractivity contribution in [3.05, 3.63) is 53.1 Å². The molecule has 0 unspecified atom stereocenters. The molecule has 1 aromatic carbocycles. The van der Waals surface area contributed by atoms with Gasteiger partial charge < -0.3 is 10.6 Å². The number of carbonyl (C=O) groups excluding carboxylic acids is 2. The van der Waals surface area contributed by atoms with E-state index in [9.17, 15) is 14.0 Å². The summed E-state index contributed by atoms with van der Waals surface area (Å²) in [6, 6.07) is 6.79. The molecule has 0 saturated carbocycles. The van der Waals surface area contributed by atoms with E-state index in [4.69, 9.17) is 11.6 Å². The Kier molecular flexibility index (Phi) is 4.49. The predicted molar refractivity (Wildman–Crippen MR) is 77.9 cm³/mol. The SMILES string of the molecule is CC(=O)Nc1ccc(F)c(C(=O)Nc2ccc(Cl)nc2)c1. The van der Waals surface area contributed by atoms with Crippen molar-refractivity contribution < 1.29 is 14.0 Å². The van der Waals surface area contributed by atoms with Crippen molar-refractivity contribution in [1.82, 2.24) is 4.98 Å². The van der Waals surface area contributed by atoms with Crippen LogP contribution in [-0.2, 0) is 4.79 Å². The fourth-order valence-electron chi connectivity index (χ4n) is 1.63. The summed E-state index contributed by atoms with van der Waals surface area (Å²) in [4.78, 5) is 26.8. The number of nitrogens with zero attached hydrogens (tertiary/aromatic N) is 1. The van der Waals surface area contributed by atoms with Gasteiger partial charge >= 0.3 is 0 Å². The van der Waals surface area contributed by atoms with Crippen LogP contribution in [0.2, 0.25) is 5.15 Å². The molecule has 1 heterocycles. The van der Waals surface area contributed by atoms with Gasteiger partial charge in [-0.2, -0.15) is 0 Å². The smallest absolute Gasteiger partial charge is 0.258 e. The fourth-order valence-corrected chi connectivity index (χ4v) is 1.74. The molecule has 0 bridgehead atoms. The van der Waals surface area contributed by atoms with Gasteiger partial charge in [0, 0.05) is 12.6 Å². The topological polar surface area (TPSA) is 71.1 Å². The number of hydrogen-bond acceptors (Lipinski definition) is 3. The van der Waals surface area contributed by atoms with Gasteiger partial charge in [0.2, 0.25) is 5.91 Å². The normalized spacial score (nSPS) is 10.0. The molecule has 2 amide bonds. The molecule has 7 heteroatoms. The van der Waals surface area contributed by atoms with Gasteiger partial charge in [0.25, 0.3) is 5.91 Å². The lowest BCUT2D eigenvalue weighted by Gasteiger charge is -2.08. The largest absolute Gasteiger partial charge is 0.326 e. The summed E-state index contributed by atoms with van der Waals surface area (Å²) in [5.74, 6) is -1.65. The van der Waals surface area contributed by atoms with E-state index in [2.05, 4.69) is 15.6 Å². The first kappa shape index (κ1) is 14.9. The predicted octanol–water partition coefficient (Wildman–Crippen LogP) is 3.08. The van der Waals surface area contributed by atoms with Crippen LogP contribution in [0.3, 0.4) is 0 Å². The number of anilines is 2. The van der Waals surface area contributed by atoms with Gasteiger partial charge in [-0.1, -0.05) is 11.6 Å². The lowest BCUT2D eigenvalue weighted by Crippen LogP contribution is -2.15. The van der Waals surface area contributed by atoms with Crippen LogP contribution in [0.1, 0.15) is 17.3 Å². The van der Waals surface area contributed by atoms with Crippen LogP contribution in [0.5, 0.6) is 0 Å². The van der Waals surface area contributed by atoms with Crippen molar-refractivity contribution in [2.24, 2.45) is 0 Å². The number of carbonyl (C=O) groups is 2. The number of pyridine rings is 1. The minimum atomic E-state index is -0.691. The van der Waals surface area contributed by atoms with Crippen LogP contribution >= 0.6 is 11.6 Å². The zero-order valence-electron chi connectivity index (χ0n) is 11.0. The van der Waals surface area contributed by atoms with Crippen molar-refractivity contribution in [3.63, 3.8) is 0 Å². The third kappa shape index (κ3) is 4.00. The number of aromatic nitrogens is 1. The Morgan fingerprint density at radius 1 is 1.14 bits per heavy atom. The Bertz CT molecular complexity index is 689. The Labute approximate surface area is 125 Å². The van der Waals surface area contributed by atoms with Gasteiger partial charge in [-0.25, -0.2) is 9.37 Å². The number of benzene rings is 1. The van der Waals surface area contributed by atoms with E-state index in [0.717, 1.165) is 6.07 Å². The van der Waals surface area contributed by atoms with Crippen LogP contribution in [0.25, 0.3) is 0 Å². The van der Waals surface area contributed by atoms with Gasteiger partial charge in [0.05, 0.1) is 17.4 Å². The summed E-state index contributed by atoms with van der Waals surface area (Å²) in [5.41, 5.74) is 0.535. The third-order valence-electron chi connectivity index (χ3n) is 2.52. The molecule has 0 aliphatic heterocycles. The maximum absolute atomic E-state index is 13.7. The summed E-state index contributed by atoms with van der Waals surface area (Å²) in [6.07, 6.45) is 1.36. The fraction of sp³-hybridized carbons (Fsp3) is 0.0714. The van der Waals surface area contributed by atoms with Crippen LogP contribution < -0.4 is 10.6 Å². The molecule has 2 rings (SSSR count). The second-order valence-corrected chi connectivity index (χ2v) is 4.59. The molecule has 0 atom stereocenters. The highest BCUT2D eigenvalue weighted by Gasteiger charge is 2.13. The van der Waals surface area contributed by atoms with Crippen LogP contribution in [-0.4, -0.2) is 16.8 Å². The summed E-state index contributed by atoms with van der Waals surface area (Å²) >= 11 is 5.64. The van der Waals surface area contributed by atoms with Gasteiger partial charge in [0.15, 0.2) is 0 Å². The summed E-state index contributed by atoms with van der Waals surface area (Å²) in [6.45, 7) is 1.32. The van der Waals surface area contributed by atoms with Crippen LogP contribution in [0.15, 0.2) is 36.5 Å². The second kappa shape index (κ2) is 6.32. The van der Waals surface area contributed by atoms with Crippen molar-refractivity contribution in [2.75, 3.05) is 10.6 Å². The van der Waals surface area contributed by atoms with E-state index >= 15 is 0 Å². The van der Waals surface area contributed by atoms with Gasteiger partial charge in [0.1, 0.15) is 11.0 Å². The highest BCUT2D eigenvalue weighted by molar-refractivity contribution is 6.29. The molecule has 2 aromatic rings. The standard InChI is InChI=1S/C14H11ClFN3O2/c1-8(20)18-9-2-4-12(16)11(6-9)14(21)19-10-3-5-13(15)17-7-10/h2-7H,1H3,(H,18,20)(H,19,21). The maximum atomic E-state index is 13.7. The molecular weight excluding hydrogens is 297 g/mol. The van der Waals surface area contributed by atoms with Crippen molar-refractivity contribution in [2.45, 2.75) is 6.92 Å².